The molecule has 0 aliphatic heterocycles. The van der Waals surface area contributed by atoms with Crippen LogP contribution in [0.25, 0.3) is 0 Å². The van der Waals surface area contributed by atoms with E-state index in [1.54, 1.807) is 7.11 Å². The lowest BCUT2D eigenvalue weighted by Crippen LogP contribution is -2.20. The van der Waals surface area contributed by atoms with Crippen molar-refractivity contribution in [1.29, 1.82) is 0 Å². The summed E-state index contributed by atoms with van der Waals surface area (Å²) in [6, 6.07) is 6.02. The zero-order chi connectivity index (χ0) is 12.8. The number of ether oxygens (including phenoxy) is 2. The van der Waals surface area contributed by atoms with Crippen LogP contribution in [0.2, 0.25) is 0 Å². The molecule has 2 heteroatoms. The molecular weight excluding hydrogens is 224 g/mol. The molecule has 0 bridgehead atoms. The Hall–Kier alpha value is -1.44. The Kier molecular flexibility index (Phi) is 4.68. The fourth-order valence-corrected chi connectivity index (χ4v) is 2.48. The molecule has 0 amide bonds. The molecule has 2 rings (SSSR count). The molecule has 1 aliphatic carbocycles. The molecule has 0 saturated heterocycles. The van der Waals surface area contributed by atoms with Crippen molar-refractivity contribution in [2.75, 3.05) is 7.11 Å². The molecule has 0 aromatic heterocycles. The second kappa shape index (κ2) is 6.48. The molecule has 98 valence electrons. The lowest BCUT2D eigenvalue weighted by Gasteiger charge is -2.24. The van der Waals surface area contributed by atoms with Gasteiger partial charge >= 0.3 is 0 Å². The van der Waals surface area contributed by atoms with Gasteiger partial charge in [-0.2, -0.15) is 0 Å². The number of methoxy groups -OCH3 is 1. The summed E-state index contributed by atoms with van der Waals surface area (Å²) in [6.07, 6.45) is 9.40. The predicted molar refractivity (Wildman–Crippen MR) is 74.4 cm³/mol. The molecule has 0 heterocycles. The highest BCUT2D eigenvalue weighted by Gasteiger charge is 2.16. The summed E-state index contributed by atoms with van der Waals surface area (Å²) in [6.45, 7) is 3.80. The Bertz CT molecular complexity index is 392. The Labute approximate surface area is 110 Å². The first-order chi connectivity index (χ1) is 8.83. The fraction of sp³-hybridized carbons (Fsp3) is 0.500. The minimum absolute atomic E-state index is 0.385. The lowest BCUT2D eigenvalue weighted by molar-refractivity contribution is 0.153. The minimum Gasteiger partial charge on any atom is -0.497 e. The first kappa shape index (κ1) is 13.0. The van der Waals surface area contributed by atoms with Crippen molar-refractivity contribution in [2.45, 2.75) is 44.6 Å². The van der Waals surface area contributed by atoms with Gasteiger partial charge in [-0.25, -0.2) is 0 Å². The van der Waals surface area contributed by atoms with E-state index < -0.39 is 0 Å². The summed E-state index contributed by atoms with van der Waals surface area (Å²) in [5.74, 6) is 1.87. The van der Waals surface area contributed by atoms with Gasteiger partial charge in [0, 0.05) is 5.56 Å². The summed E-state index contributed by atoms with van der Waals surface area (Å²) >= 11 is 0. The molecule has 1 fully saturated rings. The van der Waals surface area contributed by atoms with Crippen molar-refractivity contribution in [3.63, 3.8) is 0 Å². The number of hydrogen-bond acceptors (Lipinski definition) is 2. The minimum atomic E-state index is 0.385. The smallest absolute Gasteiger partial charge is 0.123 e. The van der Waals surface area contributed by atoms with Gasteiger partial charge in [-0.1, -0.05) is 12.5 Å². The molecule has 1 aromatic carbocycles. The number of benzene rings is 1. The molecule has 0 spiro atoms. The van der Waals surface area contributed by atoms with Crippen molar-refractivity contribution < 1.29 is 9.47 Å². The second-order valence-corrected chi connectivity index (χ2v) is 4.84. The number of rotatable bonds is 5. The third-order valence-corrected chi connectivity index (χ3v) is 3.48. The summed E-state index contributed by atoms with van der Waals surface area (Å²) in [5, 5.41) is 0. The fourth-order valence-electron chi connectivity index (χ4n) is 2.48. The Morgan fingerprint density at radius 3 is 2.72 bits per heavy atom. The maximum atomic E-state index is 6.14. The third-order valence-electron chi connectivity index (χ3n) is 3.48. The number of hydrogen-bond donors (Lipinski definition) is 0. The van der Waals surface area contributed by atoms with Gasteiger partial charge in [-0.15, -0.1) is 6.58 Å². The summed E-state index contributed by atoms with van der Waals surface area (Å²) in [7, 11) is 1.69. The first-order valence-electron chi connectivity index (χ1n) is 6.78. The van der Waals surface area contributed by atoms with E-state index in [4.69, 9.17) is 9.47 Å². The van der Waals surface area contributed by atoms with E-state index in [2.05, 4.69) is 6.58 Å². The van der Waals surface area contributed by atoms with Gasteiger partial charge in [-0.3, -0.25) is 0 Å². The van der Waals surface area contributed by atoms with E-state index in [0.717, 1.165) is 23.5 Å². The lowest BCUT2D eigenvalue weighted by atomic mass is 9.97. The standard InChI is InChI=1S/C16H22O2/c1-3-7-13-12-15(17-2)10-11-16(13)18-14-8-5-4-6-9-14/h3,10-12,14H,1,4-9H2,2H3. The average molecular weight is 246 g/mol. The van der Waals surface area contributed by atoms with Gasteiger partial charge in [0.1, 0.15) is 11.5 Å². The highest BCUT2D eigenvalue weighted by molar-refractivity contribution is 5.41. The highest BCUT2D eigenvalue weighted by atomic mass is 16.5. The summed E-state index contributed by atoms with van der Waals surface area (Å²) in [4.78, 5) is 0. The van der Waals surface area contributed by atoms with Gasteiger partial charge in [0.25, 0.3) is 0 Å². The van der Waals surface area contributed by atoms with E-state index >= 15 is 0 Å². The van der Waals surface area contributed by atoms with Crippen LogP contribution in [0.5, 0.6) is 11.5 Å². The van der Waals surface area contributed by atoms with E-state index in [1.165, 1.54) is 32.1 Å². The van der Waals surface area contributed by atoms with E-state index in [-0.39, 0.29) is 0 Å². The van der Waals surface area contributed by atoms with Gasteiger partial charge in [0.15, 0.2) is 0 Å². The van der Waals surface area contributed by atoms with Crippen molar-refractivity contribution in [3.8, 4) is 11.5 Å². The zero-order valence-electron chi connectivity index (χ0n) is 11.2. The van der Waals surface area contributed by atoms with Crippen LogP contribution in [0.4, 0.5) is 0 Å². The van der Waals surface area contributed by atoms with Crippen molar-refractivity contribution >= 4 is 0 Å². The average Bonchev–Trinajstić information content (AvgIpc) is 2.42. The molecule has 1 aliphatic rings. The third kappa shape index (κ3) is 3.28. The molecule has 0 unspecified atom stereocenters. The quantitative estimate of drug-likeness (QED) is 0.727. The predicted octanol–water partition coefficient (Wildman–Crippen LogP) is 4.14. The molecule has 1 aromatic rings. The van der Waals surface area contributed by atoms with E-state index in [9.17, 15) is 0 Å². The van der Waals surface area contributed by atoms with E-state index in [0.29, 0.717) is 6.10 Å². The van der Waals surface area contributed by atoms with Crippen LogP contribution >= 0.6 is 0 Å². The van der Waals surface area contributed by atoms with Crippen molar-refractivity contribution in [3.05, 3.63) is 36.4 Å². The van der Waals surface area contributed by atoms with Crippen molar-refractivity contribution in [1.82, 2.24) is 0 Å². The maximum Gasteiger partial charge on any atom is 0.123 e. The second-order valence-electron chi connectivity index (χ2n) is 4.84. The largest absolute Gasteiger partial charge is 0.497 e. The molecular formula is C16H22O2. The Morgan fingerprint density at radius 2 is 2.06 bits per heavy atom. The van der Waals surface area contributed by atoms with Crippen LogP contribution in [0.1, 0.15) is 37.7 Å². The van der Waals surface area contributed by atoms with Crippen LogP contribution in [-0.4, -0.2) is 13.2 Å². The van der Waals surface area contributed by atoms with Gasteiger partial charge in [0.2, 0.25) is 0 Å². The maximum absolute atomic E-state index is 6.14. The molecule has 2 nitrogen and oxygen atoms in total. The van der Waals surface area contributed by atoms with Crippen molar-refractivity contribution in [2.24, 2.45) is 0 Å². The summed E-state index contributed by atoms with van der Waals surface area (Å²) in [5.41, 5.74) is 1.16. The molecule has 0 atom stereocenters. The first-order valence-corrected chi connectivity index (χ1v) is 6.78. The van der Waals surface area contributed by atoms with Gasteiger partial charge in [0.05, 0.1) is 13.2 Å². The van der Waals surface area contributed by atoms with Gasteiger partial charge in [-0.05, 0) is 50.3 Å². The monoisotopic (exact) mass is 246 g/mol. The van der Waals surface area contributed by atoms with Crippen LogP contribution in [-0.2, 0) is 6.42 Å². The normalized spacial score (nSPS) is 16.3. The van der Waals surface area contributed by atoms with E-state index in [1.807, 2.05) is 24.3 Å². The van der Waals surface area contributed by atoms with Gasteiger partial charge < -0.3 is 9.47 Å². The zero-order valence-corrected chi connectivity index (χ0v) is 11.2. The molecule has 1 saturated carbocycles. The van der Waals surface area contributed by atoms with Crippen LogP contribution in [0.3, 0.4) is 0 Å². The number of allylic oxidation sites excluding steroid dienone is 1. The summed E-state index contributed by atoms with van der Waals surface area (Å²) < 4.78 is 11.4. The van der Waals surface area contributed by atoms with Crippen LogP contribution in [0, 0.1) is 0 Å². The Balaban J connectivity index is 2.11. The topological polar surface area (TPSA) is 18.5 Å². The SMILES string of the molecule is C=CCc1cc(OC)ccc1OC1CCCCC1. The van der Waals surface area contributed by atoms with Crippen LogP contribution in [0.15, 0.2) is 30.9 Å². The molecule has 18 heavy (non-hydrogen) atoms. The highest BCUT2D eigenvalue weighted by Crippen LogP contribution is 2.29. The Morgan fingerprint density at radius 1 is 1.28 bits per heavy atom. The van der Waals surface area contributed by atoms with Crippen LogP contribution < -0.4 is 9.47 Å². The molecule has 0 radical (unpaired) electrons. The molecule has 0 N–H and O–H groups in total.